The first-order valence-corrected chi connectivity index (χ1v) is 6.24. The zero-order valence-corrected chi connectivity index (χ0v) is 10.7. The third-order valence-electron chi connectivity index (χ3n) is 3.33. The molecule has 0 aromatic heterocycles. The summed E-state index contributed by atoms with van der Waals surface area (Å²) < 4.78 is 0. The second-order valence-electron chi connectivity index (χ2n) is 4.61. The van der Waals surface area contributed by atoms with Crippen LogP contribution < -0.4 is 5.73 Å². The minimum absolute atomic E-state index is 0.245. The maximum atomic E-state index is 11.2. The van der Waals surface area contributed by atoms with Gasteiger partial charge in [0.15, 0.2) is 0 Å². The second-order valence-corrected chi connectivity index (χ2v) is 4.61. The summed E-state index contributed by atoms with van der Waals surface area (Å²) in [5.41, 5.74) is 6.40. The number of nitrogens with two attached hydrogens (primary N) is 1. The summed E-state index contributed by atoms with van der Waals surface area (Å²) in [5.74, 6) is -0.416. The lowest BCUT2D eigenvalue weighted by Gasteiger charge is -2.10. The fraction of sp³-hybridized carbons (Fsp3) is 0.188. The number of fused-ring (bicyclic) bond motifs is 1. The number of hydrogen-bond acceptors (Lipinski definition) is 2. The number of hydrogen-bond donors (Lipinski definition) is 2. The quantitative estimate of drug-likeness (QED) is 0.807. The summed E-state index contributed by atoms with van der Waals surface area (Å²) in [5, 5.41) is 11.7. The molecule has 0 saturated heterocycles. The van der Waals surface area contributed by atoms with E-state index in [1.807, 2.05) is 24.3 Å². The number of carbonyl (C=O) groups is 1. The third-order valence-corrected chi connectivity index (χ3v) is 3.33. The van der Waals surface area contributed by atoms with E-state index in [1.54, 1.807) is 18.2 Å². The Morgan fingerprint density at radius 2 is 2.16 bits per heavy atom. The van der Waals surface area contributed by atoms with Crippen LogP contribution in [0.3, 0.4) is 0 Å². The summed E-state index contributed by atoms with van der Waals surface area (Å²) >= 11 is 0. The highest BCUT2D eigenvalue weighted by Gasteiger charge is 2.11. The number of rotatable bonds is 5. The van der Waals surface area contributed by atoms with E-state index >= 15 is 0 Å². The molecule has 3 heteroatoms. The Kier molecular flexibility index (Phi) is 3.85. The molecule has 3 nitrogen and oxygen atoms in total. The summed E-state index contributed by atoms with van der Waals surface area (Å²) in [6.45, 7) is 3.63. The average molecular weight is 255 g/mol. The second kappa shape index (κ2) is 5.57. The van der Waals surface area contributed by atoms with Crippen LogP contribution in [0.4, 0.5) is 0 Å². The zero-order valence-electron chi connectivity index (χ0n) is 10.7. The van der Waals surface area contributed by atoms with Gasteiger partial charge in [-0.2, -0.15) is 0 Å². The van der Waals surface area contributed by atoms with Crippen molar-refractivity contribution in [2.75, 3.05) is 0 Å². The predicted octanol–water partition coefficient (Wildman–Crippen LogP) is 2.77. The van der Waals surface area contributed by atoms with Gasteiger partial charge in [0.1, 0.15) is 5.75 Å². The van der Waals surface area contributed by atoms with E-state index in [9.17, 15) is 9.90 Å². The Morgan fingerprint density at radius 1 is 1.37 bits per heavy atom. The van der Waals surface area contributed by atoms with Crippen molar-refractivity contribution in [2.45, 2.75) is 12.8 Å². The van der Waals surface area contributed by atoms with Crippen LogP contribution in [0.5, 0.6) is 5.75 Å². The smallest absolute Gasteiger partial charge is 0.224 e. The fourth-order valence-corrected chi connectivity index (χ4v) is 2.23. The van der Waals surface area contributed by atoms with Gasteiger partial charge in [-0.15, -0.1) is 6.58 Å². The number of benzene rings is 2. The molecule has 1 unspecified atom stereocenters. The molecule has 0 heterocycles. The summed E-state index contributed by atoms with van der Waals surface area (Å²) in [6.07, 6.45) is 2.94. The van der Waals surface area contributed by atoms with Crippen LogP contribution >= 0.6 is 0 Å². The minimum Gasteiger partial charge on any atom is -0.508 e. The Balaban J connectivity index is 2.27. The van der Waals surface area contributed by atoms with Gasteiger partial charge < -0.3 is 10.8 Å². The van der Waals surface area contributed by atoms with E-state index in [0.29, 0.717) is 6.42 Å². The highest BCUT2D eigenvalue weighted by atomic mass is 16.3. The van der Waals surface area contributed by atoms with Crippen molar-refractivity contribution >= 4 is 16.7 Å². The number of phenolic OH excluding ortho intramolecular Hbond substituents is 1. The predicted molar refractivity (Wildman–Crippen MR) is 76.8 cm³/mol. The lowest BCUT2D eigenvalue weighted by molar-refractivity contribution is -0.120. The molecule has 0 bridgehead atoms. The van der Waals surface area contributed by atoms with E-state index in [-0.39, 0.29) is 17.6 Å². The number of phenols is 1. The molecule has 0 spiro atoms. The van der Waals surface area contributed by atoms with Crippen LogP contribution in [-0.2, 0) is 11.2 Å². The van der Waals surface area contributed by atoms with E-state index in [1.165, 1.54) is 0 Å². The molecule has 1 atom stereocenters. The maximum Gasteiger partial charge on any atom is 0.224 e. The Bertz CT molecular complexity index is 619. The molecule has 0 saturated carbocycles. The molecule has 0 aliphatic heterocycles. The van der Waals surface area contributed by atoms with Crippen molar-refractivity contribution in [3.63, 3.8) is 0 Å². The van der Waals surface area contributed by atoms with Crippen LogP contribution in [0.1, 0.15) is 12.0 Å². The summed E-state index contributed by atoms with van der Waals surface area (Å²) in [7, 11) is 0. The van der Waals surface area contributed by atoms with Crippen molar-refractivity contribution in [1.29, 1.82) is 0 Å². The Hall–Kier alpha value is -2.29. The molecule has 0 fully saturated rings. The lowest BCUT2D eigenvalue weighted by atomic mass is 9.95. The third kappa shape index (κ3) is 2.94. The molecule has 0 aliphatic carbocycles. The van der Waals surface area contributed by atoms with Gasteiger partial charge in [-0.05, 0) is 41.3 Å². The highest BCUT2D eigenvalue weighted by molar-refractivity contribution is 5.87. The van der Waals surface area contributed by atoms with Crippen LogP contribution in [0.15, 0.2) is 49.1 Å². The fourth-order valence-electron chi connectivity index (χ4n) is 2.23. The summed E-state index contributed by atoms with van der Waals surface area (Å²) in [4.78, 5) is 11.2. The first kappa shape index (κ1) is 13.1. The molecule has 3 N–H and O–H groups in total. The molecule has 19 heavy (non-hydrogen) atoms. The molecule has 2 aromatic carbocycles. The topological polar surface area (TPSA) is 63.3 Å². The van der Waals surface area contributed by atoms with Gasteiger partial charge in [-0.25, -0.2) is 0 Å². The average Bonchev–Trinajstić information content (AvgIpc) is 2.39. The maximum absolute atomic E-state index is 11.2. The number of aromatic hydroxyl groups is 1. The van der Waals surface area contributed by atoms with Crippen molar-refractivity contribution < 1.29 is 9.90 Å². The number of carbonyl (C=O) groups excluding carboxylic acids is 1. The molecule has 0 radical (unpaired) electrons. The van der Waals surface area contributed by atoms with Crippen LogP contribution in [0.25, 0.3) is 10.8 Å². The zero-order chi connectivity index (χ0) is 13.8. The number of amides is 1. The highest BCUT2D eigenvalue weighted by Crippen LogP contribution is 2.25. The molecular formula is C16H17NO2. The van der Waals surface area contributed by atoms with Gasteiger partial charge in [0.05, 0.1) is 5.92 Å². The van der Waals surface area contributed by atoms with E-state index in [2.05, 4.69) is 6.58 Å². The normalized spacial score (nSPS) is 12.2. The molecule has 2 rings (SSSR count). The molecule has 2 aromatic rings. The molecule has 1 amide bonds. The molecule has 98 valence electrons. The standard InChI is InChI=1S/C16H17NO2/c1-2-11(16(17)19)6-7-12-4-3-5-13-8-9-14(18)10-15(12)13/h2-5,8-11,18H,1,6-7H2,(H2,17,19). The van der Waals surface area contributed by atoms with Gasteiger partial charge in [-0.3, -0.25) is 4.79 Å². The SMILES string of the molecule is C=CC(CCc1cccc2ccc(O)cc12)C(N)=O. The van der Waals surface area contributed by atoms with Crippen molar-refractivity contribution in [3.05, 3.63) is 54.6 Å². The monoisotopic (exact) mass is 255 g/mol. The first-order valence-electron chi connectivity index (χ1n) is 6.24. The largest absolute Gasteiger partial charge is 0.508 e. The van der Waals surface area contributed by atoms with Gasteiger partial charge in [-0.1, -0.05) is 30.3 Å². The minimum atomic E-state index is -0.349. The van der Waals surface area contributed by atoms with Gasteiger partial charge in [0.2, 0.25) is 5.91 Å². The van der Waals surface area contributed by atoms with Crippen LogP contribution in [-0.4, -0.2) is 11.0 Å². The first-order chi connectivity index (χ1) is 9.11. The van der Waals surface area contributed by atoms with E-state index < -0.39 is 0 Å². The number of aryl methyl sites for hydroxylation is 1. The van der Waals surface area contributed by atoms with Gasteiger partial charge in [0.25, 0.3) is 0 Å². The van der Waals surface area contributed by atoms with Gasteiger partial charge in [0, 0.05) is 0 Å². The Labute approximate surface area is 112 Å². The lowest BCUT2D eigenvalue weighted by Crippen LogP contribution is -2.21. The Morgan fingerprint density at radius 3 is 2.84 bits per heavy atom. The molecular weight excluding hydrogens is 238 g/mol. The van der Waals surface area contributed by atoms with Crippen molar-refractivity contribution in [2.24, 2.45) is 11.7 Å². The number of primary amides is 1. The van der Waals surface area contributed by atoms with Crippen LogP contribution in [0, 0.1) is 5.92 Å². The van der Waals surface area contributed by atoms with E-state index in [0.717, 1.165) is 22.8 Å². The van der Waals surface area contributed by atoms with Crippen molar-refractivity contribution in [1.82, 2.24) is 0 Å². The van der Waals surface area contributed by atoms with E-state index in [4.69, 9.17) is 5.73 Å². The van der Waals surface area contributed by atoms with Gasteiger partial charge >= 0.3 is 0 Å². The molecule has 0 aliphatic rings. The summed E-state index contributed by atoms with van der Waals surface area (Å²) in [6, 6.07) is 11.3. The van der Waals surface area contributed by atoms with Crippen molar-refractivity contribution in [3.8, 4) is 5.75 Å². The van der Waals surface area contributed by atoms with Crippen LogP contribution in [0.2, 0.25) is 0 Å².